The number of carbonyl (C=O) groups is 2. The first-order valence-electron chi connectivity index (χ1n) is 13.9. The third-order valence-electron chi connectivity index (χ3n) is 7.96. The van der Waals surface area contributed by atoms with E-state index in [9.17, 15) is 14.4 Å². The molecule has 0 aliphatic heterocycles. The summed E-state index contributed by atoms with van der Waals surface area (Å²) in [7, 11) is 0. The fraction of sp³-hybridized carbons (Fsp3) is 0.400. The van der Waals surface area contributed by atoms with Crippen molar-refractivity contribution in [3.05, 3.63) is 65.1 Å². The van der Waals surface area contributed by atoms with Gasteiger partial charge in [0.05, 0.1) is 23.6 Å². The summed E-state index contributed by atoms with van der Waals surface area (Å²) in [5.74, 6) is -1.15. The van der Waals surface area contributed by atoms with Crippen molar-refractivity contribution in [1.29, 1.82) is 0 Å². The molecule has 9 nitrogen and oxygen atoms in total. The predicted octanol–water partition coefficient (Wildman–Crippen LogP) is 4.11. The number of esters is 1. The number of fused-ring (bicyclic) bond motifs is 2. The normalized spacial score (nSPS) is 20.0. The van der Waals surface area contributed by atoms with Crippen molar-refractivity contribution in [2.75, 3.05) is 12.0 Å². The van der Waals surface area contributed by atoms with E-state index >= 15 is 0 Å². The molecule has 2 aromatic carbocycles. The molecular weight excluding hydrogens is 494 g/mol. The Hall–Kier alpha value is -4.14. The van der Waals surface area contributed by atoms with Crippen LogP contribution in [0.2, 0.25) is 0 Å². The molecule has 2 aromatic heterocycles. The third kappa shape index (κ3) is 4.89. The van der Waals surface area contributed by atoms with Gasteiger partial charge in [-0.05, 0) is 44.4 Å². The van der Waals surface area contributed by atoms with Crippen LogP contribution in [0, 0.1) is 11.8 Å². The van der Waals surface area contributed by atoms with Crippen LogP contribution in [0.15, 0.2) is 59.5 Å². The van der Waals surface area contributed by atoms with Crippen LogP contribution in [0.1, 0.15) is 45.4 Å². The van der Waals surface area contributed by atoms with Crippen LogP contribution in [-0.4, -0.2) is 45.2 Å². The summed E-state index contributed by atoms with van der Waals surface area (Å²) in [4.78, 5) is 48.2. The summed E-state index contributed by atoms with van der Waals surface area (Å²) in [6, 6.07) is 14.4. The van der Waals surface area contributed by atoms with Gasteiger partial charge in [0.25, 0.3) is 5.56 Å². The molecule has 3 unspecified atom stereocenters. The lowest BCUT2D eigenvalue weighted by molar-refractivity contribution is -0.145. The Morgan fingerprint density at radius 3 is 2.69 bits per heavy atom. The van der Waals surface area contributed by atoms with Crippen LogP contribution < -0.4 is 16.3 Å². The van der Waals surface area contributed by atoms with E-state index in [1.54, 1.807) is 13.1 Å². The van der Waals surface area contributed by atoms with E-state index in [0.717, 1.165) is 36.6 Å². The van der Waals surface area contributed by atoms with Gasteiger partial charge in [-0.25, -0.2) is 9.66 Å². The van der Waals surface area contributed by atoms with Crippen LogP contribution in [0.25, 0.3) is 33.2 Å². The monoisotopic (exact) mass is 527 g/mol. The fourth-order valence-corrected chi connectivity index (χ4v) is 5.83. The smallest absolute Gasteiger partial charge is 0.309 e. The number of carbonyl (C=O) groups excluding carboxylic acids is 2. The molecule has 3 atom stereocenters. The van der Waals surface area contributed by atoms with E-state index in [1.165, 1.54) is 11.1 Å². The standard InChI is InChI=1S/C30H33N5O4/c1-2-39-30(38)21-16-20(21)26(28(36)32-18-10-4-3-5-11-18)34-35-25-15-9-8-14-24(25)33-27(29(35)37)22-17-31-23-13-7-6-12-19(22)23/h6-9,12-15,17-18,20-21,26,31,34H,2-5,10-11,16H2,1H3,(H,32,36). The van der Waals surface area contributed by atoms with Gasteiger partial charge in [-0.2, -0.15) is 0 Å². The molecule has 2 fully saturated rings. The Labute approximate surface area is 225 Å². The van der Waals surface area contributed by atoms with Gasteiger partial charge in [-0.15, -0.1) is 0 Å². The van der Waals surface area contributed by atoms with Gasteiger partial charge in [0.1, 0.15) is 11.7 Å². The van der Waals surface area contributed by atoms with Gasteiger partial charge < -0.3 is 20.5 Å². The Morgan fingerprint density at radius 1 is 1.10 bits per heavy atom. The van der Waals surface area contributed by atoms with Gasteiger partial charge in [-0.1, -0.05) is 49.6 Å². The number of aromatic amines is 1. The number of benzene rings is 2. The van der Waals surface area contributed by atoms with E-state index in [0.29, 0.717) is 23.0 Å². The van der Waals surface area contributed by atoms with Gasteiger partial charge in [0, 0.05) is 34.6 Å². The fourth-order valence-electron chi connectivity index (χ4n) is 5.83. The summed E-state index contributed by atoms with van der Waals surface area (Å²) < 4.78 is 6.68. The van der Waals surface area contributed by atoms with Crippen LogP contribution in [0.4, 0.5) is 0 Å². The summed E-state index contributed by atoms with van der Waals surface area (Å²) in [5.41, 5.74) is 5.95. The molecule has 4 aromatic rings. The third-order valence-corrected chi connectivity index (χ3v) is 7.96. The SMILES string of the molecule is CCOC(=O)C1CC1C(Nn1c(=O)c(-c2c[nH]c3ccccc23)nc2ccccc21)C(=O)NC1CCCCC1. The van der Waals surface area contributed by atoms with E-state index in [4.69, 9.17) is 9.72 Å². The number of H-pyrrole nitrogens is 1. The topological polar surface area (TPSA) is 118 Å². The number of aromatic nitrogens is 3. The van der Waals surface area contributed by atoms with E-state index in [1.807, 2.05) is 48.5 Å². The minimum absolute atomic E-state index is 0.100. The van der Waals surface area contributed by atoms with Crippen molar-refractivity contribution in [3.8, 4) is 11.3 Å². The molecule has 2 aliphatic carbocycles. The molecule has 0 saturated heterocycles. The lowest BCUT2D eigenvalue weighted by Gasteiger charge is -2.27. The van der Waals surface area contributed by atoms with Crippen molar-refractivity contribution < 1.29 is 14.3 Å². The lowest BCUT2D eigenvalue weighted by atomic mass is 9.95. The highest BCUT2D eigenvalue weighted by Gasteiger charge is 2.52. The maximum atomic E-state index is 14.0. The van der Waals surface area contributed by atoms with E-state index in [-0.39, 0.29) is 47.6 Å². The number of hydrogen-bond donors (Lipinski definition) is 3. The number of rotatable bonds is 8. The number of ether oxygens (including phenoxy) is 1. The Balaban J connectivity index is 1.41. The van der Waals surface area contributed by atoms with Crippen molar-refractivity contribution in [1.82, 2.24) is 20.0 Å². The molecule has 0 spiro atoms. The minimum Gasteiger partial charge on any atom is -0.466 e. The summed E-state index contributed by atoms with van der Waals surface area (Å²) >= 11 is 0. The average molecular weight is 528 g/mol. The summed E-state index contributed by atoms with van der Waals surface area (Å²) in [6.45, 7) is 2.06. The molecule has 6 rings (SSSR count). The van der Waals surface area contributed by atoms with Crippen LogP contribution in [0.5, 0.6) is 0 Å². The van der Waals surface area contributed by atoms with Crippen molar-refractivity contribution >= 4 is 33.8 Å². The highest BCUT2D eigenvalue weighted by Crippen LogP contribution is 2.43. The van der Waals surface area contributed by atoms with Crippen molar-refractivity contribution in [2.45, 2.75) is 57.5 Å². The second kappa shape index (κ2) is 10.6. The average Bonchev–Trinajstić information content (AvgIpc) is 3.64. The summed E-state index contributed by atoms with van der Waals surface area (Å²) in [6.07, 6.45) is 7.54. The highest BCUT2D eigenvalue weighted by atomic mass is 16.5. The predicted molar refractivity (Wildman–Crippen MR) is 150 cm³/mol. The molecule has 202 valence electrons. The molecule has 2 heterocycles. The van der Waals surface area contributed by atoms with Crippen molar-refractivity contribution in [2.24, 2.45) is 11.8 Å². The molecule has 39 heavy (non-hydrogen) atoms. The molecule has 9 heteroatoms. The first kappa shape index (κ1) is 25.2. The van der Waals surface area contributed by atoms with Crippen LogP contribution >= 0.6 is 0 Å². The molecule has 0 radical (unpaired) electrons. The first-order valence-corrected chi connectivity index (χ1v) is 13.9. The zero-order valence-electron chi connectivity index (χ0n) is 22.0. The zero-order chi connectivity index (χ0) is 26.9. The minimum atomic E-state index is -0.777. The quantitative estimate of drug-likeness (QED) is 0.297. The Morgan fingerprint density at radius 2 is 1.87 bits per heavy atom. The largest absolute Gasteiger partial charge is 0.466 e. The maximum absolute atomic E-state index is 14.0. The molecule has 3 N–H and O–H groups in total. The summed E-state index contributed by atoms with van der Waals surface area (Å²) in [5, 5.41) is 4.09. The number of nitrogens with one attached hydrogen (secondary N) is 3. The van der Waals surface area contributed by atoms with E-state index in [2.05, 4.69) is 15.7 Å². The first-order chi connectivity index (χ1) is 19.0. The van der Waals surface area contributed by atoms with Gasteiger partial charge >= 0.3 is 5.97 Å². The molecule has 2 aliphatic rings. The number of para-hydroxylation sites is 3. The Kier molecular flexibility index (Phi) is 6.81. The lowest BCUT2D eigenvalue weighted by Crippen LogP contribution is -2.50. The number of hydrogen-bond acceptors (Lipinski definition) is 6. The van der Waals surface area contributed by atoms with Crippen molar-refractivity contribution in [3.63, 3.8) is 0 Å². The number of amides is 1. The molecule has 2 saturated carbocycles. The highest BCUT2D eigenvalue weighted by molar-refractivity contribution is 5.95. The Bertz CT molecular complexity index is 1590. The van der Waals surface area contributed by atoms with Crippen LogP contribution in [-0.2, 0) is 14.3 Å². The molecule has 1 amide bonds. The maximum Gasteiger partial charge on any atom is 0.309 e. The van der Waals surface area contributed by atoms with Gasteiger partial charge in [-0.3, -0.25) is 14.4 Å². The zero-order valence-corrected chi connectivity index (χ0v) is 22.0. The van der Waals surface area contributed by atoms with E-state index < -0.39 is 6.04 Å². The van der Waals surface area contributed by atoms with Gasteiger partial charge in [0.15, 0.2) is 0 Å². The van der Waals surface area contributed by atoms with Crippen LogP contribution in [0.3, 0.4) is 0 Å². The number of nitrogens with zero attached hydrogens (tertiary/aromatic N) is 2. The second-order valence-electron chi connectivity index (χ2n) is 10.5. The molecule has 0 bridgehead atoms. The second-order valence-corrected chi connectivity index (χ2v) is 10.5. The van der Waals surface area contributed by atoms with Gasteiger partial charge in [0.2, 0.25) is 5.91 Å². The molecular formula is C30H33N5O4.